The first kappa shape index (κ1) is 17.0. The zero-order valence-electron chi connectivity index (χ0n) is 15.0. The molecule has 0 bridgehead atoms. The van der Waals surface area contributed by atoms with E-state index in [0.29, 0.717) is 5.69 Å². The van der Waals surface area contributed by atoms with Crippen molar-refractivity contribution < 1.29 is 9.53 Å². The Morgan fingerprint density at radius 3 is 2.85 bits per heavy atom. The molecular weight excluding hydrogens is 328 g/mol. The maximum atomic E-state index is 12.6. The number of rotatable bonds is 2. The van der Waals surface area contributed by atoms with Crippen LogP contribution < -0.4 is 10.1 Å². The van der Waals surface area contributed by atoms with Gasteiger partial charge in [-0.25, -0.2) is 4.98 Å². The van der Waals surface area contributed by atoms with Gasteiger partial charge in [0.1, 0.15) is 17.0 Å². The van der Waals surface area contributed by atoms with Crippen LogP contribution in [0.3, 0.4) is 0 Å². The van der Waals surface area contributed by atoms with Gasteiger partial charge in [0.15, 0.2) is 0 Å². The molecule has 2 aromatic rings. The summed E-state index contributed by atoms with van der Waals surface area (Å²) in [6.07, 6.45) is 8.36. The fraction of sp³-hybridized carbons (Fsp3) is 0.450. The highest BCUT2D eigenvalue weighted by atomic mass is 16.5. The smallest absolute Gasteiger partial charge is 0.274 e. The molecule has 26 heavy (non-hydrogen) atoms. The van der Waals surface area contributed by atoms with E-state index in [1.165, 1.54) is 11.8 Å². The highest BCUT2D eigenvalue weighted by molar-refractivity contribution is 5.91. The fourth-order valence-corrected chi connectivity index (χ4v) is 3.99. The van der Waals surface area contributed by atoms with Crippen LogP contribution in [0.5, 0.6) is 5.75 Å². The number of nitrogens with zero attached hydrogens (tertiary/aromatic N) is 3. The summed E-state index contributed by atoms with van der Waals surface area (Å²) in [6.45, 7) is 1.68. The molecule has 2 aliphatic rings. The summed E-state index contributed by atoms with van der Waals surface area (Å²) >= 11 is 0. The van der Waals surface area contributed by atoms with Crippen molar-refractivity contribution in [2.75, 3.05) is 13.6 Å². The molecule has 6 nitrogen and oxygen atoms in total. The molecule has 2 heterocycles. The summed E-state index contributed by atoms with van der Waals surface area (Å²) < 4.78 is 6.47. The largest absolute Gasteiger partial charge is 0.486 e. The molecule has 1 aliphatic heterocycles. The van der Waals surface area contributed by atoms with Crippen molar-refractivity contribution in [2.24, 2.45) is 0 Å². The molecular formula is C20H24N4O2. The van der Waals surface area contributed by atoms with Crippen LogP contribution in [0.2, 0.25) is 0 Å². The zero-order valence-corrected chi connectivity index (χ0v) is 15.0. The Labute approximate surface area is 153 Å². The molecule has 1 saturated carbocycles. The molecule has 1 aliphatic carbocycles. The molecule has 136 valence electrons. The lowest BCUT2D eigenvalue weighted by Gasteiger charge is -2.42. The van der Waals surface area contributed by atoms with E-state index in [2.05, 4.69) is 27.4 Å². The first-order valence-electron chi connectivity index (χ1n) is 9.18. The second-order valence-electron chi connectivity index (χ2n) is 7.23. The lowest BCUT2D eigenvalue weighted by atomic mass is 9.81. The average Bonchev–Trinajstić information content (AvgIpc) is 2.87. The summed E-state index contributed by atoms with van der Waals surface area (Å²) in [4.78, 5) is 22.5. The number of nitrogens with one attached hydrogen (secondary N) is 1. The number of benzene rings is 1. The second kappa shape index (κ2) is 7.03. The number of hydrogen-bond donors (Lipinski definition) is 1. The van der Waals surface area contributed by atoms with Gasteiger partial charge in [-0.2, -0.15) is 0 Å². The van der Waals surface area contributed by atoms with Gasteiger partial charge in [-0.05, 0) is 31.7 Å². The van der Waals surface area contributed by atoms with Crippen molar-refractivity contribution in [1.29, 1.82) is 0 Å². The second-order valence-corrected chi connectivity index (χ2v) is 7.23. The van der Waals surface area contributed by atoms with E-state index in [9.17, 15) is 4.79 Å². The molecule has 1 spiro atoms. The molecule has 0 saturated heterocycles. The van der Waals surface area contributed by atoms with E-state index in [1.807, 2.05) is 24.1 Å². The Kier molecular flexibility index (Phi) is 4.59. The van der Waals surface area contributed by atoms with E-state index in [1.54, 1.807) is 12.4 Å². The average molecular weight is 352 g/mol. The number of fused-ring (bicyclic) bond motifs is 1. The number of hydrogen-bond acceptors (Lipinski definition) is 5. The third kappa shape index (κ3) is 3.29. The normalized spacial score (nSPS) is 25.0. The maximum absolute atomic E-state index is 12.6. The lowest BCUT2D eigenvalue weighted by molar-refractivity contribution is 0.0101. The van der Waals surface area contributed by atoms with Crippen molar-refractivity contribution in [2.45, 2.75) is 43.9 Å². The monoisotopic (exact) mass is 352 g/mol. The Balaban J connectivity index is 1.43. The summed E-state index contributed by atoms with van der Waals surface area (Å²) in [5, 5.41) is 3.53. The summed E-state index contributed by atoms with van der Waals surface area (Å²) in [6, 6.07) is 8.44. The van der Waals surface area contributed by atoms with E-state index in [-0.39, 0.29) is 17.6 Å². The van der Waals surface area contributed by atoms with E-state index in [0.717, 1.165) is 44.5 Å². The van der Waals surface area contributed by atoms with Crippen molar-refractivity contribution in [3.8, 4) is 5.75 Å². The molecule has 1 aromatic heterocycles. The number of aromatic nitrogens is 2. The Hall–Kier alpha value is -2.47. The van der Waals surface area contributed by atoms with Crippen molar-refractivity contribution >= 4 is 5.91 Å². The SMILES string of the molecule is CN(C(=O)c1cnccn1)C1CCC2(CC1)CNCc1ccccc1O2. The Bertz CT molecular complexity index is 772. The fourth-order valence-electron chi connectivity index (χ4n) is 3.99. The van der Waals surface area contributed by atoms with Gasteiger partial charge in [0.2, 0.25) is 0 Å². The summed E-state index contributed by atoms with van der Waals surface area (Å²) in [5.74, 6) is 0.921. The van der Waals surface area contributed by atoms with Gasteiger partial charge in [0.05, 0.1) is 6.20 Å². The van der Waals surface area contributed by atoms with Crippen LogP contribution in [0.25, 0.3) is 0 Å². The van der Waals surface area contributed by atoms with E-state index >= 15 is 0 Å². The molecule has 0 atom stereocenters. The molecule has 0 unspecified atom stereocenters. The van der Waals surface area contributed by atoms with Crippen LogP contribution in [0.1, 0.15) is 41.7 Å². The predicted molar refractivity (Wildman–Crippen MR) is 97.9 cm³/mol. The predicted octanol–water partition coefficient (Wildman–Crippen LogP) is 2.41. The number of ether oxygens (including phenoxy) is 1. The van der Waals surface area contributed by atoms with Gasteiger partial charge < -0.3 is 15.0 Å². The maximum Gasteiger partial charge on any atom is 0.274 e. The van der Waals surface area contributed by atoms with Gasteiger partial charge in [-0.1, -0.05) is 18.2 Å². The summed E-state index contributed by atoms with van der Waals surface area (Å²) in [7, 11) is 1.86. The Morgan fingerprint density at radius 1 is 1.27 bits per heavy atom. The van der Waals surface area contributed by atoms with Crippen molar-refractivity contribution in [1.82, 2.24) is 20.2 Å². The standard InChI is InChI=1S/C20H24N4O2/c1-24(19(25)17-13-21-10-11-23-17)16-6-8-20(9-7-16)14-22-12-15-4-2-3-5-18(15)26-20/h2-5,10-11,13,16,22H,6-9,12,14H2,1H3. The first-order chi connectivity index (χ1) is 12.7. The van der Waals surface area contributed by atoms with E-state index < -0.39 is 0 Å². The molecule has 1 N–H and O–H groups in total. The quantitative estimate of drug-likeness (QED) is 0.899. The first-order valence-corrected chi connectivity index (χ1v) is 9.18. The van der Waals surface area contributed by atoms with Crippen LogP contribution in [0.4, 0.5) is 0 Å². The highest BCUT2D eigenvalue weighted by Gasteiger charge is 2.40. The Morgan fingerprint density at radius 2 is 2.08 bits per heavy atom. The minimum atomic E-state index is -0.181. The van der Waals surface area contributed by atoms with Gasteiger partial charge >= 0.3 is 0 Å². The highest BCUT2D eigenvalue weighted by Crippen LogP contribution is 2.37. The number of carbonyl (C=O) groups is 1. The molecule has 0 radical (unpaired) electrons. The molecule has 1 amide bonds. The summed E-state index contributed by atoms with van der Waals surface area (Å²) in [5.41, 5.74) is 1.43. The number of carbonyl (C=O) groups excluding carboxylic acids is 1. The zero-order chi connectivity index (χ0) is 18.0. The third-order valence-electron chi connectivity index (χ3n) is 5.58. The van der Waals surface area contributed by atoms with Crippen molar-refractivity contribution in [3.63, 3.8) is 0 Å². The van der Waals surface area contributed by atoms with Crippen LogP contribution in [0.15, 0.2) is 42.9 Å². The van der Waals surface area contributed by atoms with Gasteiger partial charge in [-0.15, -0.1) is 0 Å². The van der Waals surface area contributed by atoms with Gasteiger partial charge in [0, 0.05) is 44.1 Å². The van der Waals surface area contributed by atoms with E-state index in [4.69, 9.17) is 4.74 Å². The van der Waals surface area contributed by atoms with Crippen molar-refractivity contribution in [3.05, 3.63) is 54.1 Å². The van der Waals surface area contributed by atoms with Crippen LogP contribution >= 0.6 is 0 Å². The van der Waals surface area contributed by atoms with Crippen LogP contribution in [0, 0.1) is 0 Å². The van der Waals surface area contributed by atoms with Gasteiger partial charge in [-0.3, -0.25) is 9.78 Å². The minimum Gasteiger partial charge on any atom is -0.486 e. The molecule has 1 fully saturated rings. The lowest BCUT2D eigenvalue weighted by Crippen LogP contribution is -2.51. The third-order valence-corrected chi connectivity index (χ3v) is 5.58. The molecule has 6 heteroatoms. The van der Waals surface area contributed by atoms with Gasteiger partial charge in [0.25, 0.3) is 5.91 Å². The topological polar surface area (TPSA) is 67.4 Å². The number of amides is 1. The minimum absolute atomic E-state index is 0.0655. The van der Waals surface area contributed by atoms with Crippen LogP contribution in [-0.2, 0) is 6.54 Å². The molecule has 4 rings (SSSR count). The van der Waals surface area contributed by atoms with Crippen LogP contribution in [-0.4, -0.2) is 46.0 Å². The number of para-hydroxylation sites is 1. The molecule has 1 aromatic carbocycles.